The molecular weight excluding hydrogens is 342 g/mol. The Morgan fingerprint density at radius 2 is 1.92 bits per heavy atom. The van der Waals surface area contributed by atoms with Gasteiger partial charge in [-0.1, -0.05) is 30.9 Å². The number of benzene rings is 1. The van der Waals surface area contributed by atoms with Crippen molar-refractivity contribution in [1.29, 1.82) is 0 Å². The maximum atomic E-state index is 11.6. The van der Waals surface area contributed by atoms with Crippen LogP contribution in [-0.4, -0.2) is 20.9 Å². The number of hydrogen-bond donors (Lipinski definition) is 2. The summed E-state index contributed by atoms with van der Waals surface area (Å²) in [6.45, 7) is 1.88. The third-order valence-corrected chi connectivity index (χ3v) is 4.63. The van der Waals surface area contributed by atoms with Gasteiger partial charge in [0.05, 0.1) is 4.92 Å². The van der Waals surface area contributed by atoms with E-state index in [1.165, 1.54) is 12.7 Å². The number of halogens is 1. The normalized spacial score (nSPS) is 15.0. The molecule has 132 valence electrons. The van der Waals surface area contributed by atoms with Gasteiger partial charge in [-0.3, -0.25) is 10.1 Å². The zero-order valence-corrected chi connectivity index (χ0v) is 14.7. The lowest BCUT2D eigenvalue weighted by Crippen LogP contribution is -2.23. The minimum atomic E-state index is -0.446. The van der Waals surface area contributed by atoms with E-state index in [-0.39, 0.29) is 23.4 Å². The molecule has 3 rings (SSSR count). The van der Waals surface area contributed by atoms with Crippen molar-refractivity contribution in [3.8, 4) is 0 Å². The van der Waals surface area contributed by atoms with E-state index < -0.39 is 4.92 Å². The Morgan fingerprint density at radius 1 is 1.20 bits per heavy atom. The van der Waals surface area contributed by atoms with Crippen molar-refractivity contribution in [1.82, 2.24) is 9.97 Å². The first-order valence-corrected chi connectivity index (χ1v) is 8.71. The van der Waals surface area contributed by atoms with Crippen LogP contribution in [0.3, 0.4) is 0 Å². The minimum Gasteiger partial charge on any atom is -0.361 e. The summed E-state index contributed by atoms with van der Waals surface area (Å²) in [5.41, 5.74) is 1.46. The van der Waals surface area contributed by atoms with E-state index in [1.54, 1.807) is 18.2 Å². The van der Waals surface area contributed by atoms with E-state index in [9.17, 15) is 10.1 Å². The van der Waals surface area contributed by atoms with Crippen LogP contribution in [0.15, 0.2) is 24.5 Å². The molecule has 1 aliphatic carbocycles. The van der Waals surface area contributed by atoms with Crippen molar-refractivity contribution in [3.63, 3.8) is 0 Å². The Morgan fingerprint density at radius 3 is 2.60 bits per heavy atom. The first-order chi connectivity index (χ1) is 12.0. The summed E-state index contributed by atoms with van der Waals surface area (Å²) >= 11 is 5.96. The number of nitrogens with zero attached hydrogens (tertiary/aromatic N) is 3. The zero-order valence-electron chi connectivity index (χ0n) is 14.0. The molecule has 0 radical (unpaired) electrons. The average molecular weight is 362 g/mol. The highest BCUT2D eigenvalue weighted by Gasteiger charge is 2.25. The zero-order chi connectivity index (χ0) is 17.8. The topological polar surface area (TPSA) is 93.0 Å². The molecule has 0 aliphatic heterocycles. The fraction of sp³-hybridized carbons (Fsp3) is 0.412. The second-order valence-electron chi connectivity index (χ2n) is 6.24. The highest BCUT2D eigenvalue weighted by molar-refractivity contribution is 6.30. The molecule has 25 heavy (non-hydrogen) atoms. The SMILES string of the molecule is Cc1cc(Cl)ccc1Nc1ncnc(NC2CCCCC2)c1[N+](=O)[O-]. The predicted molar refractivity (Wildman–Crippen MR) is 98.7 cm³/mol. The number of aryl methyl sites for hydroxylation is 1. The molecule has 2 aromatic rings. The summed E-state index contributed by atoms with van der Waals surface area (Å²) in [5, 5.41) is 18.5. The number of aromatic nitrogens is 2. The number of rotatable bonds is 5. The van der Waals surface area contributed by atoms with Crippen LogP contribution in [0.2, 0.25) is 5.02 Å². The molecule has 7 nitrogen and oxygen atoms in total. The molecule has 0 unspecified atom stereocenters. The van der Waals surface area contributed by atoms with Gasteiger partial charge in [0, 0.05) is 16.8 Å². The fourth-order valence-corrected chi connectivity index (χ4v) is 3.31. The Kier molecular flexibility index (Phi) is 5.33. The molecule has 0 spiro atoms. The van der Waals surface area contributed by atoms with E-state index in [2.05, 4.69) is 20.6 Å². The average Bonchev–Trinajstić information content (AvgIpc) is 2.58. The summed E-state index contributed by atoms with van der Waals surface area (Å²) in [6.07, 6.45) is 6.82. The maximum Gasteiger partial charge on any atom is 0.353 e. The molecule has 1 aromatic heterocycles. The Labute approximate surface area is 151 Å². The summed E-state index contributed by atoms with van der Waals surface area (Å²) in [5.74, 6) is 0.435. The predicted octanol–water partition coefficient (Wildman–Crippen LogP) is 4.83. The largest absolute Gasteiger partial charge is 0.361 e. The summed E-state index contributed by atoms with van der Waals surface area (Å²) in [6, 6.07) is 5.51. The van der Waals surface area contributed by atoms with Crippen molar-refractivity contribution in [2.24, 2.45) is 0 Å². The van der Waals surface area contributed by atoms with Crippen LogP contribution in [0.4, 0.5) is 23.0 Å². The van der Waals surface area contributed by atoms with E-state index in [0.29, 0.717) is 5.02 Å². The highest BCUT2D eigenvalue weighted by atomic mass is 35.5. The number of anilines is 3. The number of nitro groups is 1. The molecular formula is C17H20ClN5O2. The Balaban J connectivity index is 1.90. The molecule has 1 saturated carbocycles. The van der Waals surface area contributed by atoms with Gasteiger partial charge in [-0.2, -0.15) is 0 Å². The van der Waals surface area contributed by atoms with Crippen LogP contribution in [0.25, 0.3) is 0 Å². The molecule has 8 heteroatoms. The Hall–Kier alpha value is -2.41. The van der Waals surface area contributed by atoms with Crippen molar-refractivity contribution >= 4 is 34.6 Å². The van der Waals surface area contributed by atoms with Crippen LogP contribution in [0, 0.1) is 17.0 Å². The maximum absolute atomic E-state index is 11.6. The van der Waals surface area contributed by atoms with Crippen molar-refractivity contribution in [3.05, 3.63) is 45.2 Å². The quantitative estimate of drug-likeness (QED) is 0.585. The van der Waals surface area contributed by atoms with Crippen LogP contribution >= 0.6 is 11.6 Å². The van der Waals surface area contributed by atoms with Crippen molar-refractivity contribution in [2.75, 3.05) is 10.6 Å². The molecule has 0 amide bonds. The second-order valence-corrected chi connectivity index (χ2v) is 6.68. The van der Waals surface area contributed by atoms with Crippen LogP contribution < -0.4 is 10.6 Å². The molecule has 0 atom stereocenters. The summed E-state index contributed by atoms with van der Waals surface area (Å²) < 4.78 is 0. The Bertz CT molecular complexity index is 778. The smallest absolute Gasteiger partial charge is 0.353 e. The molecule has 1 aliphatic rings. The standard InChI is InChI=1S/C17H20ClN5O2/c1-11-9-12(18)7-8-14(11)22-17-15(23(24)25)16(19-10-20-17)21-13-5-3-2-4-6-13/h7-10,13H,2-6H2,1H3,(H2,19,20,21,22). The minimum absolute atomic E-state index is 0.137. The summed E-state index contributed by atoms with van der Waals surface area (Å²) in [4.78, 5) is 19.4. The van der Waals surface area contributed by atoms with Gasteiger partial charge in [0.25, 0.3) is 0 Å². The van der Waals surface area contributed by atoms with Gasteiger partial charge in [-0.15, -0.1) is 0 Å². The first-order valence-electron chi connectivity index (χ1n) is 8.33. The van der Waals surface area contributed by atoms with Gasteiger partial charge < -0.3 is 10.6 Å². The van der Waals surface area contributed by atoms with Gasteiger partial charge in [-0.05, 0) is 43.5 Å². The molecule has 0 saturated heterocycles. The molecule has 1 aromatic carbocycles. The highest BCUT2D eigenvalue weighted by Crippen LogP contribution is 2.34. The lowest BCUT2D eigenvalue weighted by molar-refractivity contribution is -0.383. The lowest BCUT2D eigenvalue weighted by Gasteiger charge is -2.23. The first kappa shape index (κ1) is 17.4. The van der Waals surface area contributed by atoms with E-state index in [1.807, 2.05) is 6.92 Å². The van der Waals surface area contributed by atoms with Crippen LogP contribution in [-0.2, 0) is 0 Å². The van der Waals surface area contributed by atoms with Gasteiger partial charge in [0.1, 0.15) is 6.33 Å². The lowest BCUT2D eigenvalue weighted by atomic mass is 9.95. The fourth-order valence-electron chi connectivity index (χ4n) is 3.08. The van der Waals surface area contributed by atoms with E-state index in [0.717, 1.165) is 36.9 Å². The number of hydrogen-bond acceptors (Lipinski definition) is 6. The van der Waals surface area contributed by atoms with Crippen LogP contribution in [0.5, 0.6) is 0 Å². The van der Waals surface area contributed by atoms with E-state index in [4.69, 9.17) is 11.6 Å². The second kappa shape index (κ2) is 7.65. The molecule has 2 N–H and O–H groups in total. The number of nitrogens with one attached hydrogen (secondary N) is 2. The third kappa shape index (κ3) is 4.17. The monoisotopic (exact) mass is 361 g/mol. The van der Waals surface area contributed by atoms with E-state index >= 15 is 0 Å². The molecule has 0 bridgehead atoms. The summed E-state index contributed by atoms with van der Waals surface area (Å²) in [7, 11) is 0. The van der Waals surface area contributed by atoms with Gasteiger partial charge in [-0.25, -0.2) is 9.97 Å². The third-order valence-electron chi connectivity index (χ3n) is 4.39. The molecule has 1 fully saturated rings. The van der Waals surface area contributed by atoms with Gasteiger partial charge >= 0.3 is 5.69 Å². The molecule has 1 heterocycles. The van der Waals surface area contributed by atoms with Crippen molar-refractivity contribution in [2.45, 2.75) is 45.1 Å². The van der Waals surface area contributed by atoms with Crippen molar-refractivity contribution < 1.29 is 4.92 Å². The van der Waals surface area contributed by atoms with Crippen LogP contribution in [0.1, 0.15) is 37.7 Å². The van der Waals surface area contributed by atoms with Gasteiger partial charge in [0.2, 0.25) is 11.6 Å². The van der Waals surface area contributed by atoms with Gasteiger partial charge in [0.15, 0.2) is 0 Å².